The lowest BCUT2D eigenvalue weighted by atomic mass is 10.2. The van der Waals surface area contributed by atoms with Gasteiger partial charge in [-0.3, -0.25) is 4.98 Å². The van der Waals surface area contributed by atoms with E-state index in [0.717, 1.165) is 11.1 Å². The van der Waals surface area contributed by atoms with E-state index in [1.54, 1.807) is 12.3 Å². The van der Waals surface area contributed by atoms with Crippen LogP contribution in [0.5, 0.6) is 0 Å². The number of rotatable bonds is 5. The number of benzene rings is 1. The average molecular weight is 234 g/mol. The summed E-state index contributed by atoms with van der Waals surface area (Å²) < 4.78 is 18.7. The van der Waals surface area contributed by atoms with Crippen molar-refractivity contribution in [1.82, 2.24) is 4.98 Å². The number of hydrogen-bond acceptors (Lipinski definition) is 3. The fourth-order valence-electron chi connectivity index (χ4n) is 1.70. The molecule has 0 saturated heterocycles. The van der Waals surface area contributed by atoms with E-state index in [2.05, 4.69) is 10.3 Å². The zero-order valence-corrected chi connectivity index (χ0v) is 9.74. The molecule has 0 aliphatic heterocycles. The van der Waals surface area contributed by atoms with Crippen molar-refractivity contribution in [1.29, 1.82) is 0 Å². The highest BCUT2D eigenvalue weighted by molar-refractivity contribution is 5.91. The normalized spacial score (nSPS) is 10.7. The summed E-state index contributed by atoms with van der Waals surface area (Å²) in [5.74, 6) is -0.295. The minimum absolute atomic E-state index is 0.295. The first-order chi connectivity index (χ1) is 8.33. The molecule has 4 heteroatoms. The van der Waals surface area contributed by atoms with Crippen LogP contribution in [-0.4, -0.2) is 24.7 Å². The minimum Gasteiger partial charge on any atom is -0.382 e. The molecular formula is C13H15FN2O. The highest BCUT2D eigenvalue weighted by Crippen LogP contribution is 2.22. The Hall–Kier alpha value is -1.68. The van der Waals surface area contributed by atoms with Gasteiger partial charge in [-0.05, 0) is 19.1 Å². The lowest BCUT2D eigenvalue weighted by Crippen LogP contribution is -2.09. The number of hydrogen-bond donors (Lipinski definition) is 1. The van der Waals surface area contributed by atoms with Crippen LogP contribution >= 0.6 is 0 Å². The Kier molecular flexibility index (Phi) is 3.88. The summed E-state index contributed by atoms with van der Waals surface area (Å²) in [7, 11) is 0. The number of nitrogens with one attached hydrogen (secondary N) is 1. The number of halogens is 1. The molecule has 0 bridgehead atoms. The summed E-state index contributed by atoms with van der Waals surface area (Å²) in [5, 5.41) is 4.01. The summed E-state index contributed by atoms with van der Waals surface area (Å²) in [5.41, 5.74) is 1.28. The van der Waals surface area contributed by atoms with Gasteiger partial charge < -0.3 is 10.1 Å². The maximum Gasteiger partial charge on any atom is 0.149 e. The average Bonchev–Trinajstić information content (AvgIpc) is 2.36. The van der Waals surface area contributed by atoms with Crippen LogP contribution in [0, 0.1) is 5.82 Å². The number of para-hydroxylation sites is 1. The van der Waals surface area contributed by atoms with Crippen LogP contribution in [0.3, 0.4) is 0 Å². The van der Waals surface area contributed by atoms with E-state index in [1.807, 2.05) is 19.1 Å². The van der Waals surface area contributed by atoms with Gasteiger partial charge in [-0.1, -0.05) is 12.1 Å². The third kappa shape index (κ3) is 2.71. The molecule has 17 heavy (non-hydrogen) atoms. The monoisotopic (exact) mass is 234 g/mol. The Morgan fingerprint density at radius 2 is 2.24 bits per heavy atom. The van der Waals surface area contributed by atoms with E-state index in [1.165, 1.54) is 6.07 Å². The van der Waals surface area contributed by atoms with Crippen LogP contribution in [0.2, 0.25) is 0 Å². The Labute approximate surface area is 99.6 Å². The van der Waals surface area contributed by atoms with Crippen molar-refractivity contribution in [3.05, 3.63) is 36.3 Å². The maximum absolute atomic E-state index is 13.5. The molecule has 0 aliphatic carbocycles. The van der Waals surface area contributed by atoms with E-state index in [9.17, 15) is 4.39 Å². The standard InChI is InChI=1S/C13H15FN2O/c1-2-17-9-8-15-12-6-7-16-13-10(12)4-3-5-11(13)14/h3-7H,2,8-9H2,1H3,(H,15,16). The van der Waals surface area contributed by atoms with Crippen molar-refractivity contribution in [2.75, 3.05) is 25.1 Å². The largest absolute Gasteiger partial charge is 0.382 e. The highest BCUT2D eigenvalue weighted by Gasteiger charge is 2.04. The molecule has 1 heterocycles. The SMILES string of the molecule is CCOCCNc1ccnc2c(F)cccc12. The van der Waals surface area contributed by atoms with Gasteiger partial charge in [0.1, 0.15) is 11.3 Å². The number of pyridine rings is 1. The van der Waals surface area contributed by atoms with Crippen LogP contribution in [-0.2, 0) is 4.74 Å². The van der Waals surface area contributed by atoms with Crippen LogP contribution in [0.4, 0.5) is 10.1 Å². The van der Waals surface area contributed by atoms with E-state index in [0.29, 0.717) is 25.3 Å². The topological polar surface area (TPSA) is 34.1 Å². The molecule has 1 N–H and O–H groups in total. The number of nitrogens with zero attached hydrogens (tertiary/aromatic N) is 1. The second-order valence-corrected chi connectivity index (χ2v) is 3.62. The molecule has 90 valence electrons. The van der Waals surface area contributed by atoms with Crippen molar-refractivity contribution in [2.45, 2.75) is 6.92 Å². The predicted molar refractivity (Wildman–Crippen MR) is 66.7 cm³/mol. The van der Waals surface area contributed by atoms with Gasteiger partial charge in [-0.25, -0.2) is 4.39 Å². The van der Waals surface area contributed by atoms with Crippen LogP contribution < -0.4 is 5.32 Å². The third-order valence-corrected chi connectivity index (χ3v) is 2.49. The molecule has 0 atom stereocenters. The van der Waals surface area contributed by atoms with Gasteiger partial charge in [-0.2, -0.15) is 0 Å². The first-order valence-electron chi connectivity index (χ1n) is 5.67. The first kappa shape index (κ1) is 11.8. The second-order valence-electron chi connectivity index (χ2n) is 3.62. The van der Waals surface area contributed by atoms with E-state index >= 15 is 0 Å². The molecule has 0 fully saturated rings. The number of anilines is 1. The summed E-state index contributed by atoms with van der Waals surface area (Å²) in [6, 6.07) is 6.80. The minimum atomic E-state index is -0.295. The summed E-state index contributed by atoms with van der Waals surface area (Å²) in [6.07, 6.45) is 1.61. The third-order valence-electron chi connectivity index (χ3n) is 2.49. The molecule has 0 saturated carbocycles. The van der Waals surface area contributed by atoms with Gasteiger partial charge in [0.2, 0.25) is 0 Å². The zero-order chi connectivity index (χ0) is 12.1. The Morgan fingerprint density at radius 3 is 3.06 bits per heavy atom. The van der Waals surface area contributed by atoms with Gasteiger partial charge in [0, 0.05) is 30.4 Å². The molecule has 0 amide bonds. The van der Waals surface area contributed by atoms with Crippen LogP contribution in [0.15, 0.2) is 30.5 Å². The molecule has 3 nitrogen and oxygen atoms in total. The maximum atomic E-state index is 13.5. The molecular weight excluding hydrogens is 219 g/mol. The highest BCUT2D eigenvalue weighted by atomic mass is 19.1. The lowest BCUT2D eigenvalue weighted by Gasteiger charge is -2.09. The molecule has 0 unspecified atom stereocenters. The quantitative estimate of drug-likeness (QED) is 0.808. The van der Waals surface area contributed by atoms with E-state index < -0.39 is 0 Å². The van der Waals surface area contributed by atoms with Crippen LogP contribution in [0.25, 0.3) is 10.9 Å². The fourth-order valence-corrected chi connectivity index (χ4v) is 1.70. The summed E-state index contributed by atoms with van der Waals surface area (Å²) in [4.78, 5) is 4.04. The summed E-state index contributed by atoms with van der Waals surface area (Å²) >= 11 is 0. The number of ether oxygens (including phenoxy) is 1. The molecule has 1 aromatic carbocycles. The van der Waals surface area contributed by atoms with Gasteiger partial charge in [-0.15, -0.1) is 0 Å². The number of fused-ring (bicyclic) bond motifs is 1. The van der Waals surface area contributed by atoms with Crippen molar-refractivity contribution < 1.29 is 9.13 Å². The molecule has 0 spiro atoms. The lowest BCUT2D eigenvalue weighted by molar-refractivity contribution is 0.158. The van der Waals surface area contributed by atoms with Gasteiger partial charge in [0.25, 0.3) is 0 Å². The molecule has 0 radical (unpaired) electrons. The van der Waals surface area contributed by atoms with Gasteiger partial charge >= 0.3 is 0 Å². The fraction of sp³-hybridized carbons (Fsp3) is 0.308. The smallest absolute Gasteiger partial charge is 0.149 e. The Balaban J connectivity index is 2.19. The van der Waals surface area contributed by atoms with Crippen molar-refractivity contribution in [3.63, 3.8) is 0 Å². The molecule has 2 aromatic rings. The van der Waals surface area contributed by atoms with Gasteiger partial charge in [0.05, 0.1) is 6.61 Å². The van der Waals surface area contributed by atoms with Crippen LogP contribution in [0.1, 0.15) is 6.92 Å². The van der Waals surface area contributed by atoms with Crippen molar-refractivity contribution in [2.24, 2.45) is 0 Å². The molecule has 0 aliphatic rings. The van der Waals surface area contributed by atoms with Crippen molar-refractivity contribution >= 4 is 16.6 Å². The second kappa shape index (κ2) is 5.59. The van der Waals surface area contributed by atoms with Crippen molar-refractivity contribution in [3.8, 4) is 0 Å². The molecule has 2 rings (SSSR count). The molecule has 1 aromatic heterocycles. The van der Waals surface area contributed by atoms with Gasteiger partial charge in [0.15, 0.2) is 0 Å². The zero-order valence-electron chi connectivity index (χ0n) is 9.74. The van der Waals surface area contributed by atoms with E-state index in [4.69, 9.17) is 4.74 Å². The first-order valence-corrected chi connectivity index (χ1v) is 5.67. The summed E-state index contributed by atoms with van der Waals surface area (Å²) in [6.45, 7) is 3.99. The number of aromatic nitrogens is 1. The Bertz CT molecular complexity index is 502. The Morgan fingerprint density at radius 1 is 1.35 bits per heavy atom. The predicted octanol–water partition coefficient (Wildman–Crippen LogP) is 2.82. The van der Waals surface area contributed by atoms with E-state index in [-0.39, 0.29) is 5.82 Å².